The topological polar surface area (TPSA) is 86.7 Å². The first-order valence-electron chi connectivity index (χ1n) is 5.75. The van der Waals surface area contributed by atoms with Crippen molar-refractivity contribution in [3.05, 3.63) is 29.8 Å². The molecule has 1 rings (SSSR count). The van der Waals surface area contributed by atoms with Crippen molar-refractivity contribution >= 4 is 15.9 Å². The molecule has 1 unspecified atom stereocenters. The van der Waals surface area contributed by atoms with E-state index in [0.717, 1.165) is 4.31 Å². The largest absolute Gasteiger partial charge is 0.392 e. The van der Waals surface area contributed by atoms with Crippen molar-refractivity contribution in [1.82, 2.24) is 9.62 Å². The molecule has 1 aromatic carbocycles. The monoisotopic (exact) mass is 286 g/mol. The number of amides is 1. The quantitative estimate of drug-likeness (QED) is 0.800. The molecule has 7 heteroatoms. The summed E-state index contributed by atoms with van der Waals surface area (Å²) in [5, 5.41) is 11.7. The highest BCUT2D eigenvalue weighted by Crippen LogP contribution is 2.15. The zero-order valence-corrected chi connectivity index (χ0v) is 11.9. The van der Waals surface area contributed by atoms with Gasteiger partial charge in [-0.1, -0.05) is 0 Å². The molecular formula is C12H18N2O4S. The molecule has 1 amide bonds. The van der Waals surface area contributed by atoms with Gasteiger partial charge in [-0.25, -0.2) is 8.42 Å². The van der Waals surface area contributed by atoms with Gasteiger partial charge in [-0.05, 0) is 31.2 Å². The Labute approximate surface area is 113 Å². The number of carbonyl (C=O) groups is 1. The fraction of sp³-hybridized carbons (Fsp3) is 0.417. The first-order chi connectivity index (χ1) is 8.78. The van der Waals surface area contributed by atoms with Crippen LogP contribution < -0.4 is 5.32 Å². The highest BCUT2D eigenvalue weighted by molar-refractivity contribution is 7.89. The number of carbonyl (C=O) groups excluding carboxylic acids is 1. The van der Waals surface area contributed by atoms with E-state index in [4.69, 9.17) is 0 Å². The molecule has 1 aromatic rings. The second-order valence-electron chi connectivity index (χ2n) is 4.24. The molecule has 106 valence electrons. The van der Waals surface area contributed by atoms with Gasteiger partial charge in [-0.2, -0.15) is 4.31 Å². The average molecular weight is 286 g/mol. The summed E-state index contributed by atoms with van der Waals surface area (Å²) in [7, 11) is -0.741. The van der Waals surface area contributed by atoms with Gasteiger partial charge in [0.1, 0.15) is 0 Å². The van der Waals surface area contributed by atoms with E-state index in [9.17, 15) is 18.3 Å². The molecule has 1 atom stereocenters. The van der Waals surface area contributed by atoms with E-state index in [0.29, 0.717) is 5.56 Å². The Bertz CT molecular complexity index is 537. The van der Waals surface area contributed by atoms with Crippen LogP contribution in [0.3, 0.4) is 0 Å². The molecular weight excluding hydrogens is 268 g/mol. The minimum Gasteiger partial charge on any atom is -0.392 e. The zero-order chi connectivity index (χ0) is 14.6. The molecule has 0 aliphatic carbocycles. The van der Waals surface area contributed by atoms with E-state index in [1.54, 1.807) is 0 Å². The first-order valence-corrected chi connectivity index (χ1v) is 7.19. The van der Waals surface area contributed by atoms with Crippen molar-refractivity contribution in [2.75, 3.05) is 20.6 Å². The Kier molecular flexibility index (Phi) is 5.04. The van der Waals surface area contributed by atoms with Gasteiger partial charge in [0.25, 0.3) is 5.91 Å². The summed E-state index contributed by atoms with van der Waals surface area (Å²) >= 11 is 0. The first kappa shape index (κ1) is 15.6. The van der Waals surface area contributed by atoms with E-state index in [2.05, 4.69) is 5.32 Å². The summed E-state index contributed by atoms with van der Waals surface area (Å²) in [5.74, 6) is -0.277. The van der Waals surface area contributed by atoms with Crippen molar-refractivity contribution < 1.29 is 18.3 Å². The van der Waals surface area contributed by atoms with E-state index < -0.39 is 16.1 Å². The van der Waals surface area contributed by atoms with Crippen molar-refractivity contribution in [2.45, 2.75) is 17.9 Å². The van der Waals surface area contributed by atoms with Gasteiger partial charge in [-0.3, -0.25) is 4.79 Å². The van der Waals surface area contributed by atoms with E-state index in [1.165, 1.54) is 45.3 Å². The fourth-order valence-corrected chi connectivity index (χ4v) is 2.82. The Balaban J connectivity index is 3.00. The van der Waals surface area contributed by atoms with Crippen LogP contribution in [0.5, 0.6) is 0 Å². The van der Waals surface area contributed by atoms with Gasteiger partial charge in [0.2, 0.25) is 10.0 Å². The van der Waals surface area contributed by atoms with Crippen LogP contribution in [0, 0.1) is 0 Å². The standard InChI is InChI=1S/C12H18N2O4S/c1-9(15)8-14(3)19(17,18)11-6-4-10(5-7-11)12(16)13-2/h4-7,9,15H,8H2,1-3H3,(H,13,16). The Hall–Kier alpha value is -1.44. The third kappa shape index (κ3) is 3.76. The van der Waals surface area contributed by atoms with Gasteiger partial charge in [0, 0.05) is 26.2 Å². The number of hydrogen-bond acceptors (Lipinski definition) is 4. The maximum absolute atomic E-state index is 12.1. The van der Waals surface area contributed by atoms with Gasteiger partial charge < -0.3 is 10.4 Å². The molecule has 0 aliphatic heterocycles. The van der Waals surface area contributed by atoms with Gasteiger partial charge in [0.15, 0.2) is 0 Å². The maximum Gasteiger partial charge on any atom is 0.251 e. The number of aliphatic hydroxyl groups is 1. The maximum atomic E-state index is 12.1. The third-order valence-corrected chi connectivity index (χ3v) is 4.41. The number of sulfonamides is 1. The summed E-state index contributed by atoms with van der Waals surface area (Å²) in [6.07, 6.45) is -0.745. The van der Waals surface area contributed by atoms with Crippen LogP contribution in [-0.2, 0) is 10.0 Å². The number of nitrogens with zero attached hydrogens (tertiary/aromatic N) is 1. The molecule has 2 N–H and O–H groups in total. The molecule has 19 heavy (non-hydrogen) atoms. The molecule has 0 heterocycles. The van der Waals surface area contributed by atoms with Crippen LogP contribution in [0.25, 0.3) is 0 Å². The third-order valence-electron chi connectivity index (χ3n) is 2.57. The molecule has 0 saturated carbocycles. The number of benzene rings is 1. The lowest BCUT2D eigenvalue weighted by Crippen LogP contribution is -2.33. The smallest absolute Gasteiger partial charge is 0.251 e. The molecule has 6 nitrogen and oxygen atoms in total. The zero-order valence-electron chi connectivity index (χ0n) is 11.1. The number of aliphatic hydroxyl groups excluding tert-OH is 1. The normalized spacial score (nSPS) is 13.3. The van der Waals surface area contributed by atoms with Crippen molar-refractivity contribution in [1.29, 1.82) is 0 Å². The molecule has 0 spiro atoms. The molecule has 0 fully saturated rings. The summed E-state index contributed by atoms with van der Waals surface area (Å²) in [6.45, 7) is 1.53. The number of nitrogens with one attached hydrogen (secondary N) is 1. The van der Waals surface area contributed by atoms with Gasteiger partial charge in [-0.15, -0.1) is 0 Å². The molecule has 0 saturated heterocycles. The van der Waals surface area contributed by atoms with Gasteiger partial charge in [0.05, 0.1) is 11.0 Å². The van der Waals surface area contributed by atoms with Crippen molar-refractivity contribution in [2.24, 2.45) is 0 Å². The summed E-state index contributed by atoms with van der Waals surface area (Å²) in [6, 6.07) is 5.64. The lowest BCUT2D eigenvalue weighted by atomic mass is 10.2. The van der Waals surface area contributed by atoms with Crippen LogP contribution >= 0.6 is 0 Å². The Morgan fingerprint density at radius 2 is 1.89 bits per heavy atom. The van der Waals surface area contributed by atoms with E-state index >= 15 is 0 Å². The lowest BCUT2D eigenvalue weighted by Gasteiger charge is -2.18. The highest BCUT2D eigenvalue weighted by Gasteiger charge is 2.21. The summed E-state index contributed by atoms with van der Waals surface area (Å²) < 4.78 is 25.3. The van der Waals surface area contributed by atoms with Crippen molar-refractivity contribution in [3.63, 3.8) is 0 Å². The predicted octanol–water partition coefficient (Wildman–Crippen LogP) is 0.0475. The molecule has 0 aliphatic rings. The van der Waals surface area contributed by atoms with Crippen LogP contribution in [0.15, 0.2) is 29.2 Å². The number of likely N-dealkylation sites (N-methyl/N-ethyl adjacent to an activating group) is 1. The average Bonchev–Trinajstić information content (AvgIpc) is 2.37. The second kappa shape index (κ2) is 6.14. The van der Waals surface area contributed by atoms with Crippen LogP contribution in [0.4, 0.5) is 0 Å². The number of rotatable bonds is 5. The van der Waals surface area contributed by atoms with Crippen LogP contribution in [0.1, 0.15) is 17.3 Å². The lowest BCUT2D eigenvalue weighted by molar-refractivity contribution is 0.0963. The minimum atomic E-state index is -3.64. The predicted molar refractivity (Wildman–Crippen MR) is 71.3 cm³/mol. The molecule has 0 bridgehead atoms. The summed E-state index contributed by atoms with van der Waals surface area (Å²) in [5.41, 5.74) is 0.389. The Morgan fingerprint density at radius 1 is 1.37 bits per heavy atom. The molecule has 0 radical (unpaired) electrons. The van der Waals surface area contributed by atoms with Crippen molar-refractivity contribution in [3.8, 4) is 0 Å². The van der Waals surface area contributed by atoms with Crippen LogP contribution in [-0.4, -0.2) is 50.5 Å². The van der Waals surface area contributed by atoms with Crippen LogP contribution in [0.2, 0.25) is 0 Å². The van der Waals surface area contributed by atoms with Gasteiger partial charge >= 0.3 is 0 Å². The van der Waals surface area contributed by atoms with E-state index in [-0.39, 0.29) is 17.3 Å². The minimum absolute atomic E-state index is 0.0134. The van der Waals surface area contributed by atoms with E-state index in [1.807, 2.05) is 0 Å². The second-order valence-corrected chi connectivity index (χ2v) is 6.28. The summed E-state index contributed by atoms with van der Waals surface area (Å²) in [4.78, 5) is 11.4. The highest BCUT2D eigenvalue weighted by atomic mass is 32.2. The fourth-order valence-electron chi connectivity index (χ4n) is 1.57. The number of hydrogen-bond donors (Lipinski definition) is 2. The Morgan fingerprint density at radius 3 is 2.32 bits per heavy atom. The SMILES string of the molecule is CNC(=O)c1ccc(S(=O)(=O)N(C)CC(C)O)cc1. The molecule has 0 aromatic heterocycles.